The first kappa shape index (κ1) is 14.9. The average molecular weight is 290 g/mol. The van der Waals surface area contributed by atoms with Crippen LogP contribution in [0, 0.1) is 0 Å². The van der Waals surface area contributed by atoms with E-state index in [1.54, 1.807) is 0 Å². The Morgan fingerprint density at radius 1 is 0.900 bits per heavy atom. The molecule has 1 saturated carbocycles. The molecular formula is C17H20ClNO. The van der Waals surface area contributed by atoms with E-state index in [9.17, 15) is 0 Å². The smallest absolute Gasteiger partial charge is 0.119 e. The molecule has 0 heterocycles. The van der Waals surface area contributed by atoms with Crippen LogP contribution in [0.4, 0.5) is 0 Å². The maximum atomic E-state index is 6.00. The van der Waals surface area contributed by atoms with Crippen molar-refractivity contribution in [2.24, 2.45) is 5.73 Å². The van der Waals surface area contributed by atoms with Crippen LogP contribution in [-0.4, -0.2) is 12.1 Å². The quantitative estimate of drug-likeness (QED) is 0.913. The molecule has 0 radical (unpaired) electrons. The van der Waals surface area contributed by atoms with Crippen LogP contribution in [0.2, 0.25) is 0 Å². The molecule has 20 heavy (non-hydrogen) atoms. The van der Waals surface area contributed by atoms with Crippen LogP contribution in [0.3, 0.4) is 0 Å². The first-order valence-electron chi connectivity index (χ1n) is 6.78. The predicted molar refractivity (Wildman–Crippen MR) is 84.6 cm³/mol. The lowest BCUT2D eigenvalue weighted by Crippen LogP contribution is -2.29. The Morgan fingerprint density at radius 3 is 2.10 bits per heavy atom. The third-order valence-electron chi connectivity index (χ3n) is 3.59. The van der Waals surface area contributed by atoms with Crippen LogP contribution >= 0.6 is 12.4 Å². The summed E-state index contributed by atoms with van der Waals surface area (Å²) in [7, 11) is 0. The molecule has 0 atom stereocenters. The van der Waals surface area contributed by atoms with E-state index in [0.29, 0.717) is 6.61 Å². The van der Waals surface area contributed by atoms with Gasteiger partial charge in [0.05, 0.1) is 5.54 Å². The summed E-state index contributed by atoms with van der Waals surface area (Å²) in [5.74, 6) is 0.911. The van der Waals surface area contributed by atoms with E-state index in [-0.39, 0.29) is 17.9 Å². The lowest BCUT2D eigenvalue weighted by molar-refractivity contribution is 0.279. The van der Waals surface area contributed by atoms with Crippen molar-refractivity contribution in [1.82, 2.24) is 0 Å². The second-order valence-electron chi connectivity index (χ2n) is 5.46. The Balaban J connectivity index is 0.00000147. The van der Waals surface area contributed by atoms with Gasteiger partial charge in [0.1, 0.15) is 12.4 Å². The Labute approximate surface area is 126 Å². The standard InChI is InChI=1S/C17H19NO.ClH/c18-17(10-11-17)13-19-16-8-6-15(7-9-16)12-14-4-2-1-3-5-14;/h1-9H,10-13,18H2;1H. The first-order valence-corrected chi connectivity index (χ1v) is 6.78. The predicted octanol–water partition coefficient (Wildman–Crippen LogP) is 3.57. The van der Waals surface area contributed by atoms with Gasteiger partial charge in [-0.1, -0.05) is 42.5 Å². The van der Waals surface area contributed by atoms with Gasteiger partial charge in [0, 0.05) is 0 Å². The topological polar surface area (TPSA) is 35.2 Å². The van der Waals surface area contributed by atoms with Crippen molar-refractivity contribution in [3.63, 3.8) is 0 Å². The van der Waals surface area contributed by atoms with Crippen LogP contribution in [0.15, 0.2) is 54.6 Å². The third-order valence-corrected chi connectivity index (χ3v) is 3.59. The number of hydrogen-bond acceptors (Lipinski definition) is 2. The SMILES string of the molecule is Cl.NC1(COc2ccc(Cc3ccccc3)cc2)CC1. The summed E-state index contributed by atoms with van der Waals surface area (Å²) < 4.78 is 5.71. The average Bonchev–Trinajstić information content (AvgIpc) is 3.18. The zero-order valence-corrected chi connectivity index (χ0v) is 12.2. The van der Waals surface area contributed by atoms with Crippen LogP contribution < -0.4 is 10.5 Å². The highest BCUT2D eigenvalue weighted by Crippen LogP contribution is 2.32. The van der Waals surface area contributed by atoms with E-state index in [0.717, 1.165) is 25.0 Å². The molecule has 0 aromatic heterocycles. The number of ether oxygens (including phenoxy) is 1. The van der Waals surface area contributed by atoms with E-state index in [4.69, 9.17) is 10.5 Å². The van der Waals surface area contributed by atoms with Crippen LogP contribution in [0.25, 0.3) is 0 Å². The molecule has 0 aliphatic heterocycles. The molecule has 0 unspecified atom stereocenters. The van der Waals surface area contributed by atoms with Gasteiger partial charge in [0.2, 0.25) is 0 Å². The largest absolute Gasteiger partial charge is 0.492 e. The Hall–Kier alpha value is -1.51. The van der Waals surface area contributed by atoms with Gasteiger partial charge in [-0.3, -0.25) is 0 Å². The van der Waals surface area contributed by atoms with Crippen LogP contribution in [0.1, 0.15) is 24.0 Å². The fourth-order valence-corrected chi connectivity index (χ4v) is 2.07. The highest BCUT2D eigenvalue weighted by Gasteiger charge is 2.39. The number of benzene rings is 2. The molecule has 2 aromatic carbocycles. The van der Waals surface area contributed by atoms with Gasteiger partial charge >= 0.3 is 0 Å². The maximum Gasteiger partial charge on any atom is 0.119 e. The van der Waals surface area contributed by atoms with E-state index in [1.165, 1.54) is 11.1 Å². The minimum Gasteiger partial charge on any atom is -0.492 e. The third kappa shape index (κ3) is 3.99. The highest BCUT2D eigenvalue weighted by atomic mass is 35.5. The minimum absolute atomic E-state index is 0. The van der Waals surface area contributed by atoms with Crippen LogP contribution in [0.5, 0.6) is 5.75 Å². The Kier molecular flexibility index (Phi) is 4.69. The normalized spacial score (nSPS) is 15.2. The lowest BCUT2D eigenvalue weighted by atomic mass is 10.1. The Bertz CT molecular complexity index is 535. The van der Waals surface area contributed by atoms with Gasteiger partial charge in [-0.05, 0) is 42.5 Å². The summed E-state index contributed by atoms with van der Waals surface area (Å²) in [6.45, 7) is 0.630. The van der Waals surface area contributed by atoms with E-state index < -0.39 is 0 Å². The van der Waals surface area contributed by atoms with Gasteiger partial charge in [-0.2, -0.15) is 0 Å². The van der Waals surface area contributed by atoms with Gasteiger partial charge in [-0.15, -0.1) is 12.4 Å². The monoisotopic (exact) mass is 289 g/mol. The molecule has 0 amide bonds. The molecule has 0 bridgehead atoms. The second-order valence-corrected chi connectivity index (χ2v) is 5.46. The van der Waals surface area contributed by atoms with Crippen molar-refractivity contribution in [1.29, 1.82) is 0 Å². The van der Waals surface area contributed by atoms with Gasteiger partial charge < -0.3 is 10.5 Å². The minimum atomic E-state index is -0.0529. The van der Waals surface area contributed by atoms with Crippen molar-refractivity contribution in [2.45, 2.75) is 24.8 Å². The fourth-order valence-electron chi connectivity index (χ4n) is 2.07. The molecule has 106 valence electrons. The van der Waals surface area contributed by atoms with E-state index >= 15 is 0 Å². The van der Waals surface area contributed by atoms with Crippen molar-refractivity contribution in [3.05, 3.63) is 65.7 Å². The zero-order chi connectivity index (χ0) is 13.1. The fraction of sp³-hybridized carbons (Fsp3) is 0.294. The first-order chi connectivity index (χ1) is 9.23. The number of rotatable bonds is 5. The molecule has 3 heteroatoms. The zero-order valence-electron chi connectivity index (χ0n) is 11.4. The van der Waals surface area contributed by atoms with Crippen molar-refractivity contribution < 1.29 is 4.74 Å². The molecule has 1 aliphatic rings. The summed E-state index contributed by atoms with van der Waals surface area (Å²) in [4.78, 5) is 0. The van der Waals surface area contributed by atoms with E-state index in [1.807, 2.05) is 18.2 Å². The molecule has 0 saturated heterocycles. The number of hydrogen-bond donors (Lipinski definition) is 1. The summed E-state index contributed by atoms with van der Waals surface area (Å²) in [6, 6.07) is 18.8. The molecule has 2 N–H and O–H groups in total. The molecular weight excluding hydrogens is 270 g/mol. The second kappa shape index (κ2) is 6.29. The number of halogens is 1. The van der Waals surface area contributed by atoms with Crippen molar-refractivity contribution in [2.75, 3.05) is 6.61 Å². The van der Waals surface area contributed by atoms with Crippen LogP contribution in [-0.2, 0) is 6.42 Å². The molecule has 3 rings (SSSR count). The molecule has 0 spiro atoms. The summed E-state index contributed by atoms with van der Waals surface area (Å²) in [6.07, 6.45) is 3.13. The summed E-state index contributed by atoms with van der Waals surface area (Å²) >= 11 is 0. The van der Waals surface area contributed by atoms with Gasteiger partial charge in [0.15, 0.2) is 0 Å². The lowest BCUT2D eigenvalue weighted by Gasteiger charge is -2.11. The summed E-state index contributed by atoms with van der Waals surface area (Å²) in [5, 5.41) is 0. The molecule has 2 nitrogen and oxygen atoms in total. The number of nitrogens with two attached hydrogens (primary N) is 1. The van der Waals surface area contributed by atoms with Crippen molar-refractivity contribution in [3.8, 4) is 5.75 Å². The maximum absolute atomic E-state index is 6.00. The van der Waals surface area contributed by atoms with Gasteiger partial charge in [-0.25, -0.2) is 0 Å². The Morgan fingerprint density at radius 2 is 1.50 bits per heavy atom. The van der Waals surface area contributed by atoms with Crippen molar-refractivity contribution >= 4 is 12.4 Å². The highest BCUT2D eigenvalue weighted by molar-refractivity contribution is 5.85. The molecule has 1 aliphatic carbocycles. The molecule has 2 aromatic rings. The van der Waals surface area contributed by atoms with E-state index in [2.05, 4.69) is 36.4 Å². The summed E-state index contributed by atoms with van der Waals surface area (Å²) in [5.41, 5.74) is 8.58. The van der Waals surface area contributed by atoms with Gasteiger partial charge in [0.25, 0.3) is 0 Å². The molecule has 1 fully saturated rings.